The van der Waals surface area contributed by atoms with Crippen molar-refractivity contribution >= 4 is 21.6 Å². The Morgan fingerprint density at radius 3 is 2.95 bits per heavy atom. The van der Waals surface area contributed by atoms with Crippen LogP contribution in [0.25, 0.3) is 0 Å². The molecule has 2 rings (SSSR count). The van der Waals surface area contributed by atoms with Crippen LogP contribution in [0.2, 0.25) is 0 Å². The number of aliphatic hydroxyl groups is 1. The lowest BCUT2D eigenvalue weighted by Gasteiger charge is -2.32. The van der Waals surface area contributed by atoms with E-state index in [9.17, 15) is 9.90 Å². The normalized spacial score (nSPS) is 17.4. The Hall–Kier alpha value is -1.36. The highest BCUT2D eigenvalue weighted by molar-refractivity contribution is 9.10. The van der Waals surface area contributed by atoms with Gasteiger partial charge < -0.3 is 15.2 Å². The highest BCUT2D eigenvalue weighted by Crippen LogP contribution is 2.23. The molecule has 0 amide bonds. The second kappa shape index (κ2) is 6.39. The summed E-state index contributed by atoms with van der Waals surface area (Å²) in [6, 6.07) is 0. The molecule has 6 nitrogen and oxygen atoms in total. The van der Waals surface area contributed by atoms with Crippen LogP contribution in [0.4, 0.5) is 5.69 Å². The molecule has 0 aliphatic carbocycles. The van der Waals surface area contributed by atoms with Crippen molar-refractivity contribution in [1.29, 1.82) is 0 Å². The third-order valence-corrected chi connectivity index (χ3v) is 4.02. The molecule has 0 aromatic carbocycles. The van der Waals surface area contributed by atoms with Crippen LogP contribution in [0, 0.1) is 12.3 Å². The fourth-order valence-electron chi connectivity index (χ4n) is 1.98. The first kappa shape index (κ1) is 15.0. The number of nitrogens with one attached hydrogen (secondary N) is 1. The average molecular weight is 342 g/mol. The molecular weight excluding hydrogens is 326 g/mol. The first-order valence-electron chi connectivity index (χ1n) is 6.29. The minimum absolute atomic E-state index is 0.124. The summed E-state index contributed by atoms with van der Waals surface area (Å²) < 4.78 is 6.77. The molecule has 7 heteroatoms. The van der Waals surface area contributed by atoms with Crippen molar-refractivity contribution < 1.29 is 9.84 Å². The maximum absolute atomic E-state index is 11.9. The van der Waals surface area contributed by atoms with Crippen LogP contribution in [-0.2, 0) is 11.3 Å². The molecular formula is C13H16BrN3O3. The van der Waals surface area contributed by atoms with Crippen molar-refractivity contribution in [3.05, 3.63) is 21.0 Å². The zero-order valence-electron chi connectivity index (χ0n) is 10.9. The molecule has 1 fully saturated rings. The highest BCUT2D eigenvalue weighted by atomic mass is 79.9. The van der Waals surface area contributed by atoms with Gasteiger partial charge in [0.1, 0.15) is 11.0 Å². The molecule has 0 unspecified atom stereocenters. The van der Waals surface area contributed by atoms with Crippen molar-refractivity contribution in [1.82, 2.24) is 9.78 Å². The van der Waals surface area contributed by atoms with E-state index in [0.29, 0.717) is 42.8 Å². The molecule has 1 aromatic rings. The van der Waals surface area contributed by atoms with Gasteiger partial charge in [0.15, 0.2) is 0 Å². The van der Waals surface area contributed by atoms with Crippen molar-refractivity contribution in [3.63, 3.8) is 0 Å². The number of hydrogen-bond donors (Lipinski definition) is 2. The highest BCUT2D eigenvalue weighted by Gasteiger charge is 2.29. The van der Waals surface area contributed by atoms with E-state index < -0.39 is 5.60 Å². The SMILES string of the molecule is C#CCn1ncc(NCC2(O)CCOCC2)c(Br)c1=O. The van der Waals surface area contributed by atoms with E-state index in [1.807, 2.05) is 0 Å². The Labute approximate surface area is 125 Å². The number of anilines is 1. The van der Waals surface area contributed by atoms with Crippen LogP contribution in [-0.4, -0.2) is 40.2 Å². The molecule has 1 aromatic heterocycles. The van der Waals surface area contributed by atoms with Gasteiger partial charge in [-0.1, -0.05) is 5.92 Å². The van der Waals surface area contributed by atoms with Gasteiger partial charge in [0, 0.05) is 32.6 Å². The van der Waals surface area contributed by atoms with Gasteiger partial charge in [-0.3, -0.25) is 4.79 Å². The van der Waals surface area contributed by atoms with E-state index in [1.165, 1.54) is 10.9 Å². The number of ether oxygens (including phenoxy) is 1. The van der Waals surface area contributed by atoms with Gasteiger partial charge in [0.2, 0.25) is 0 Å². The minimum atomic E-state index is -0.814. The van der Waals surface area contributed by atoms with Crippen molar-refractivity contribution in [3.8, 4) is 12.3 Å². The molecule has 0 atom stereocenters. The van der Waals surface area contributed by atoms with Gasteiger partial charge in [-0.05, 0) is 15.9 Å². The zero-order chi connectivity index (χ0) is 14.6. The predicted molar refractivity (Wildman–Crippen MR) is 78.5 cm³/mol. The summed E-state index contributed by atoms with van der Waals surface area (Å²) in [5.41, 5.74) is -0.569. The number of halogens is 1. The maximum atomic E-state index is 11.9. The van der Waals surface area contributed by atoms with E-state index in [2.05, 4.69) is 32.3 Å². The summed E-state index contributed by atoms with van der Waals surface area (Å²) >= 11 is 3.23. The molecule has 1 aliphatic rings. The lowest BCUT2D eigenvalue weighted by molar-refractivity contribution is -0.0543. The van der Waals surface area contributed by atoms with Gasteiger partial charge in [-0.25, -0.2) is 4.68 Å². The van der Waals surface area contributed by atoms with Gasteiger partial charge >= 0.3 is 0 Å². The largest absolute Gasteiger partial charge is 0.388 e. The lowest BCUT2D eigenvalue weighted by Crippen LogP contribution is -2.42. The van der Waals surface area contributed by atoms with Crippen LogP contribution in [0.1, 0.15) is 12.8 Å². The molecule has 0 saturated carbocycles. The maximum Gasteiger partial charge on any atom is 0.284 e. The number of rotatable bonds is 4. The third kappa shape index (κ3) is 3.39. The Morgan fingerprint density at radius 1 is 1.60 bits per heavy atom. The fraction of sp³-hybridized carbons (Fsp3) is 0.538. The number of terminal acetylenes is 1. The summed E-state index contributed by atoms with van der Waals surface area (Å²) in [4.78, 5) is 11.9. The number of aromatic nitrogens is 2. The van der Waals surface area contributed by atoms with E-state index in [4.69, 9.17) is 11.2 Å². The molecule has 1 saturated heterocycles. The van der Waals surface area contributed by atoms with Crippen LogP contribution in [0.15, 0.2) is 15.5 Å². The van der Waals surface area contributed by atoms with Gasteiger partial charge in [-0.2, -0.15) is 5.10 Å². The van der Waals surface area contributed by atoms with Crippen molar-refractivity contribution in [2.45, 2.75) is 25.0 Å². The Bertz CT molecular complexity index is 573. The Kier molecular flexibility index (Phi) is 4.81. The predicted octanol–water partition coefficient (Wildman–Crippen LogP) is 0.592. The molecule has 20 heavy (non-hydrogen) atoms. The van der Waals surface area contributed by atoms with Gasteiger partial charge in [-0.15, -0.1) is 6.42 Å². The second-order valence-corrected chi connectivity index (χ2v) is 5.52. The average Bonchev–Trinajstić information content (AvgIpc) is 2.44. The summed E-state index contributed by atoms with van der Waals surface area (Å²) in [7, 11) is 0. The molecule has 1 aliphatic heterocycles. The Morgan fingerprint density at radius 2 is 2.30 bits per heavy atom. The summed E-state index contributed by atoms with van der Waals surface area (Å²) in [6.07, 6.45) is 7.82. The van der Waals surface area contributed by atoms with E-state index in [1.54, 1.807) is 0 Å². The third-order valence-electron chi connectivity index (χ3n) is 3.26. The zero-order valence-corrected chi connectivity index (χ0v) is 12.5. The monoisotopic (exact) mass is 341 g/mol. The first-order chi connectivity index (χ1) is 9.56. The standard InChI is InChI=1S/C13H16BrN3O3/c1-2-5-17-12(18)11(14)10(8-16-17)15-9-13(19)3-6-20-7-4-13/h1,8,15,19H,3-7,9H2. The molecule has 0 spiro atoms. The molecule has 108 valence electrons. The molecule has 0 bridgehead atoms. The van der Waals surface area contributed by atoms with Crippen LogP contribution in [0.5, 0.6) is 0 Å². The van der Waals surface area contributed by atoms with Gasteiger partial charge in [0.25, 0.3) is 5.56 Å². The van der Waals surface area contributed by atoms with Crippen LogP contribution in [0.3, 0.4) is 0 Å². The minimum Gasteiger partial charge on any atom is -0.388 e. The summed E-state index contributed by atoms with van der Waals surface area (Å²) in [5, 5.41) is 17.4. The van der Waals surface area contributed by atoms with Crippen molar-refractivity contribution in [2.75, 3.05) is 25.1 Å². The summed E-state index contributed by atoms with van der Waals surface area (Å²) in [6.45, 7) is 1.55. The lowest BCUT2D eigenvalue weighted by atomic mass is 9.94. The fourth-order valence-corrected chi connectivity index (χ4v) is 2.42. The van der Waals surface area contributed by atoms with Gasteiger partial charge in [0.05, 0.1) is 17.5 Å². The smallest absolute Gasteiger partial charge is 0.284 e. The quantitative estimate of drug-likeness (QED) is 0.784. The second-order valence-electron chi connectivity index (χ2n) is 4.73. The Balaban J connectivity index is 2.09. The molecule has 2 N–H and O–H groups in total. The van der Waals surface area contributed by atoms with Crippen LogP contribution >= 0.6 is 15.9 Å². The number of hydrogen-bond acceptors (Lipinski definition) is 5. The van der Waals surface area contributed by atoms with E-state index >= 15 is 0 Å². The van der Waals surface area contributed by atoms with Crippen molar-refractivity contribution in [2.24, 2.45) is 0 Å². The molecule has 0 radical (unpaired) electrons. The first-order valence-corrected chi connectivity index (χ1v) is 7.08. The van der Waals surface area contributed by atoms with E-state index in [-0.39, 0.29) is 12.1 Å². The van der Waals surface area contributed by atoms with Crippen LogP contribution < -0.4 is 10.9 Å². The topological polar surface area (TPSA) is 76.4 Å². The molecule has 2 heterocycles. The number of nitrogens with zero attached hydrogens (tertiary/aromatic N) is 2. The van der Waals surface area contributed by atoms with E-state index in [0.717, 1.165) is 0 Å². The summed E-state index contributed by atoms with van der Waals surface area (Å²) in [5.74, 6) is 2.37.